The lowest BCUT2D eigenvalue weighted by molar-refractivity contribution is 0.102. The molecule has 0 bridgehead atoms. The summed E-state index contributed by atoms with van der Waals surface area (Å²) in [5, 5.41) is 0. The quantitative estimate of drug-likeness (QED) is 0.837. The first-order valence-corrected chi connectivity index (χ1v) is 7.80. The van der Waals surface area contributed by atoms with E-state index in [2.05, 4.69) is 0 Å². The van der Waals surface area contributed by atoms with Gasteiger partial charge in [-0.05, 0) is 18.8 Å². The average molecular weight is 284 g/mol. The molecule has 0 saturated heterocycles. The number of hydrogen-bond donors (Lipinski definition) is 1. The van der Waals surface area contributed by atoms with Gasteiger partial charge in [0.25, 0.3) is 10.0 Å². The summed E-state index contributed by atoms with van der Waals surface area (Å²) < 4.78 is 49.9. The minimum absolute atomic E-state index is 0.0383. The summed E-state index contributed by atoms with van der Waals surface area (Å²) in [7, 11) is -4.56. The van der Waals surface area contributed by atoms with Crippen molar-refractivity contribution < 1.29 is 17.2 Å². The standard InChI is InChI=1S/C11H22F2N2O2S/c1-3-15(18(16,17)10(12)13)11(8-14)6-4-5-9(2)7-11/h9-10H,3-8,14H2,1-2H3. The summed E-state index contributed by atoms with van der Waals surface area (Å²) in [5.74, 6) is -3.07. The van der Waals surface area contributed by atoms with E-state index in [4.69, 9.17) is 5.73 Å². The Morgan fingerprint density at radius 1 is 1.50 bits per heavy atom. The summed E-state index contributed by atoms with van der Waals surface area (Å²) in [6, 6.07) is 0. The highest BCUT2D eigenvalue weighted by molar-refractivity contribution is 7.89. The Balaban J connectivity index is 3.11. The van der Waals surface area contributed by atoms with Gasteiger partial charge in [0.1, 0.15) is 0 Å². The summed E-state index contributed by atoms with van der Waals surface area (Å²) in [5.41, 5.74) is 4.89. The fraction of sp³-hybridized carbons (Fsp3) is 1.00. The van der Waals surface area contributed by atoms with Crippen LogP contribution in [-0.2, 0) is 10.0 Å². The largest absolute Gasteiger partial charge is 0.350 e. The molecule has 1 rings (SSSR count). The summed E-state index contributed by atoms with van der Waals surface area (Å²) >= 11 is 0. The van der Waals surface area contributed by atoms with Crippen molar-refractivity contribution >= 4 is 10.0 Å². The van der Waals surface area contributed by atoms with Crippen LogP contribution < -0.4 is 5.73 Å². The van der Waals surface area contributed by atoms with Crippen LogP contribution in [0.3, 0.4) is 0 Å². The van der Waals surface area contributed by atoms with E-state index in [1.165, 1.54) is 0 Å². The van der Waals surface area contributed by atoms with Gasteiger partial charge in [-0.3, -0.25) is 0 Å². The van der Waals surface area contributed by atoms with Gasteiger partial charge < -0.3 is 5.73 Å². The number of sulfonamides is 1. The zero-order chi connectivity index (χ0) is 14.0. The molecular formula is C11H22F2N2O2S. The van der Waals surface area contributed by atoms with Gasteiger partial charge in [-0.15, -0.1) is 0 Å². The molecule has 2 N–H and O–H groups in total. The third-order valence-electron chi connectivity index (χ3n) is 3.80. The van der Waals surface area contributed by atoms with E-state index in [1.54, 1.807) is 6.92 Å². The van der Waals surface area contributed by atoms with Crippen LogP contribution in [0.25, 0.3) is 0 Å². The number of likely N-dealkylation sites (N-methyl/N-ethyl adjacent to an activating group) is 1. The highest BCUT2D eigenvalue weighted by Crippen LogP contribution is 2.38. The maximum atomic E-state index is 12.7. The Morgan fingerprint density at radius 3 is 2.50 bits per heavy atom. The predicted octanol–water partition coefficient (Wildman–Crippen LogP) is 1.77. The minimum Gasteiger partial charge on any atom is -0.329 e. The lowest BCUT2D eigenvalue weighted by Crippen LogP contribution is -2.59. The number of hydrogen-bond acceptors (Lipinski definition) is 3. The molecule has 1 aliphatic carbocycles. The zero-order valence-corrected chi connectivity index (χ0v) is 11.7. The van der Waals surface area contributed by atoms with Crippen LogP contribution in [0.5, 0.6) is 0 Å². The minimum atomic E-state index is -4.56. The Labute approximate surface area is 108 Å². The topological polar surface area (TPSA) is 63.4 Å². The van der Waals surface area contributed by atoms with Crippen LogP contribution in [0, 0.1) is 5.92 Å². The first-order valence-electron chi connectivity index (χ1n) is 6.30. The number of halogens is 2. The number of alkyl halides is 2. The van der Waals surface area contributed by atoms with E-state index in [0.717, 1.165) is 17.1 Å². The SMILES string of the molecule is CCN(C1(CN)CCCC(C)C1)S(=O)(=O)C(F)F. The Morgan fingerprint density at radius 2 is 2.11 bits per heavy atom. The molecule has 7 heteroatoms. The molecule has 4 nitrogen and oxygen atoms in total. The second-order valence-electron chi connectivity index (χ2n) is 5.10. The van der Waals surface area contributed by atoms with Crippen LogP contribution in [0.15, 0.2) is 0 Å². The van der Waals surface area contributed by atoms with Crippen LogP contribution >= 0.6 is 0 Å². The molecule has 18 heavy (non-hydrogen) atoms. The van der Waals surface area contributed by atoms with Crippen molar-refractivity contribution in [3.8, 4) is 0 Å². The average Bonchev–Trinajstić information content (AvgIpc) is 2.29. The van der Waals surface area contributed by atoms with Crippen LogP contribution in [0.2, 0.25) is 0 Å². The molecule has 2 atom stereocenters. The Hall–Kier alpha value is -0.270. The second-order valence-corrected chi connectivity index (χ2v) is 6.93. The van der Waals surface area contributed by atoms with Gasteiger partial charge in [0.2, 0.25) is 0 Å². The molecule has 1 fully saturated rings. The van der Waals surface area contributed by atoms with Crippen molar-refractivity contribution in [3.63, 3.8) is 0 Å². The number of rotatable bonds is 5. The zero-order valence-electron chi connectivity index (χ0n) is 10.9. The molecule has 1 aliphatic rings. The van der Waals surface area contributed by atoms with Gasteiger partial charge >= 0.3 is 5.76 Å². The second kappa shape index (κ2) is 5.79. The molecule has 0 aromatic carbocycles. The highest BCUT2D eigenvalue weighted by atomic mass is 32.2. The van der Waals surface area contributed by atoms with E-state index in [1.807, 2.05) is 6.92 Å². The fourth-order valence-corrected chi connectivity index (χ4v) is 4.36. The van der Waals surface area contributed by atoms with E-state index in [-0.39, 0.29) is 13.1 Å². The van der Waals surface area contributed by atoms with Crippen molar-refractivity contribution in [1.29, 1.82) is 0 Å². The Kier molecular flexibility index (Phi) is 5.08. The molecular weight excluding hydrogens is 262 g/mol. The highest BCUT2D eigenvalue weighted by Gasteiger charge is 2.47. The van der Waals surface area contributed by atoms with Crippen LogP contribution in [0.1, 0.15) is 39.5 Å². The van der Waals surface area contributed by atoms with Crippen molar-refractivity contribution in [1.82, 2.24) is 4.31 Å². The fourth-order valence-electron chi connectivity index (χ4n) is 3.03. The molecule has 0 aromatic heterocycles. The lowest BCUT2D eigenvalue weighted by atomic mass is 9.76. The third kappa shape index (κ3) is 2.83. The van der Waals surface area contributed by atoms with E-state index < -0.39 is 21.3 Å². The predicted molar refractivity (Wildman–Crippen MR) is 66.7 cm³/mol. The van der Waals surface area contributed by atoms with E-state index in [0.29, 0.717) is 18.8 Å². The summed E-state index contributed by atoms with van der Waals surface area (Å²) in [6.45, 7) is 3.72. The van der Waals surface area contributed by atoms with Gasteiger partial charge in [0.05, 0.1) is 0 Å². The van der Waals surface area contributed by atoms with Crippen molar-refractivity contribution in [2.24, 2.45) is 11.7 Å². The van der Waals surface area contributed by atoms with E-state index in [9.17, 15) is 17.2 Å². The van der Waals surface area contributed by atoms with Gasteiger partial charge in [-0.25, -0.2) is 8.42 Å². The molecule has 0 amide bonds. The molecule has 0 heterocycles. The molecule has 1 saturated carbocycles. The third-order valence-corrected chi connectivity index (χ3v) is 5.51. The lowest BCUT2D eigenvalue weighted by Gasteiger charge is -2.46. The van der Waals surface area contributed by atoms with Gasteiger partial charge in [0, 0.05) is 18.6 Å². The maximum Gasteiger partial charge on any atom is 0.350 e. The van der Waals surface area contributed by atoms with Crippen LogP contribution in [0.4, 0.5) is 8.78 Å². The number of nitrogens with zero attached hydrogens (tertiary/aromatic N) is 1. The smallest absolute Gasteiger partial charge is 0.329 e. The van der Waals surface area contributed by atoms with Crippen molar-refractivity contribution in [2.45, 2.75) is 50.8 Å². The number of nitrogens with two attached hydrogens (primary N) is 1. The van der Waals surface area contributed by atoms with Crippen LogP contribution in [-0.4, -0.2) is 37.1 Å². The molecule has 0 radical (unpaired) electrons. The first-order chi connectivity index (χ1) is 8.30. The van der Waals surface area contributed by atoms with Gasteiger partial charge in [-0.1, -0.05) is 26.7 Å². The van der Waals surface area contributed by atoms with Gasteiger partial charge in [-0.2, -0.15) is 13.1 Å². The first kappa shape index (κ1) is 15.8. The molecule has 2 unspecified atom stereocenters. The summed E-state index contributed by atoms with van der Waals surface area (Å²) in [4.78, 5) is 0. The normalized spacial score (nSPS) is 30.1. The molecule has 0 aromatic rings. The Bertz CT molecular complexity index is 375. The van der Waals surface area contributed by atoms with Crippen molar-refractivity contribution in [3.05, 3.63) is 0 Å². The molecule has 108 valence electrons. The van der Waals surface area contributed by atoms with E-state index >= 15 is 0 Å². The maximum absolute atomic E-state index is 12.7. The summed E-state index contributed by atoms with van der Waals surface area (Å²) in [6.07, 6.45) is 2.94. The molecule has 0 aliphatic heterocycles. The van der Waals surface area contributed by atoms with Crippen molar-refractivity contribution in [2.75, 3.05) is 13.1 Å². The van der Waals surface area contributed by atoms with Gasteiger partial charge in [0.15, 0.2) is 0 Å². The molecule has 0 spiro atoms. The monoisotopic (exact) mass is 284 g/mol.